The van der Waals surface area contributed by atoms with Crippen molar-refractivity contribution in [2.45, 2.75) is 11.4 Å². The van der Waals surface area contributed by atoms with E-state index in [2.05, 4.69) is 10.3 Å². The summed E-state index contributed by atoms with van der Waals surface area (Å²) in [4.78, 5) is 4.62. The molecule has 0 radical (unpaired) electrons. The summed E-state index contributed by atoms with van der Waals surface area (Å²) in [5.41, 5.74) is 7.91. The predicted molar refractivity (Wildman–Crippen MR) is 87.0 cm³/mol. The molecule has 0 atom stereocenters. The molecule has 0 aliphatic rings. The van der Waals surface area contributed by atoms with Crippen LogP contribution in [0, 0.1) is 0 Å². The Morgan fingerprint density at radius 1 is 1.29 bits per heavy atom. The first kappa shape index (κ1) is 15.4. The highest BCUT2D eigenvalue weighted by Gasteiger charge is 2.06. The van der Waals surface area contributed by atoms with Gasteiger partial charge in [0.05, 0.1) is 10.6 Å². The molecule has 0 unspecified atom stereocenters. The van der Waals surface area contributed by atoms with Crippen LogP contribution in [-0.2, 0) is 16.4 Å². The van der Waals surface area contributed by atoms with Crippen LogP contribution >= 0.6 is 12.2 Å². The van der Waals surface area contributed by atoms with Gasteiger partial charge in [-0.25, -0.2) is 8.42 Å². The average Bonchev–Trinajstić information content (AvgIpc) is 2.45. The number of sulfone groups is 1. The zero-order valence-electron chi connectivity index (χ0n) is 11.4. The Balaban J connectivity index is 2.06. The number of anilines is 1. The molecular weight excluding hydrogens is 306 g/mol. The van der Waals surface area contributed by atoms with Crippen LogP contribution in [0.2, 0.25) is 0 Å². The monoisotopic (exact) mass is 321 g/mol. The number of benzene rings is 1. The predicted octanol–water partition coefficient (Wildman–Crippen LogP) is 1.73. The van der Waals surface area contributed by atoms with Crippen molar-refractivity contribution in [3.8, 4) is 0 Å². The molecule has 0 amide bonds. The van der Waals surface area contributed by atoms with Gasteiger partial charge in [0.1, 0.15) is 4.99 Å². The minimum atomic E-state index is -3.16. The normalized spacial score (nSPS) is 11.1. The van der Waals surface area contributed by atoms with Crippen LogP contribution in [0.1, 0.15) is 11.3 Å². The Kier molecular flexibility index (Phi) is 4.54. The molecule has 1 aromatic carbocycles. The zero-order chi connectivity index (χ0) is 15.5. The van der Waals surface area contributed by atoms with Crippen LogP contribution in [0.4, 0.5) is 5.69 Å². The summed E-state index contributed by atoms with van der Waals surface area (Å²) in [7, 11) is -3.16. The van der Waals surface area contributed by atoms with Crippen molar-refractivity contribution in [1.29, 1.82) is 0 Å². The van der Waals surface area contributed by atoms with Gasteiger partial charge in [-0.3, -0.25) is 4.98 Å². The van der Waals surface area contributed by atoms with E-state index in [0.29, 0.717) is 17.1 Å². The van der Waals surface area contributed by atoms with Crippen LogP contribution < -0.4 is 11.1 Å². The molecule has 0 aliphatic heterocycles. The van der Waals surface area contributed by atoms with Gasteiger partial charge < -0.3 is 11.1 Å². The summed E-state index contributed by atoms with van der Waals surface area (Å²) in [6.07, 6.45) is 2.82. The molecule has 2 rings (SSSR count). The van der Waals surface area contributed by atoms with Crippen molar-refractivity contribution in [2.75, 3.05) is 11.6 Å². The molecule has 0 bridgehead atoms. The fraction of sp³-hybridized carbons (Fsp3) is 0.143. The lowest BCUT2D eigenvalue weighted by molar-refractivity contribution is 0.602. The molecule has 7 heteroatoms. The Morgan fingerprint density at radius 3 is 2.52 bits per heavy atom. The van der Waals surface area contributed by atoms with Gasteiger partial charge in [-0.2, -0.15) is 0 Å². The van der Waals surface area contributed by atoms with Crippen LogP contribution in [-0.4, -0.2) is 24.6 Å². The molecule has 1 heterocycles. The number of thiocarbonyl (C=S) groups is 1. The molecule has 1 aromatic heterocycles. The minimum Gasteiger partial charge on any atom is -0.388 e. The SMILES string of the molecule is CS(=O)(=O)c1ccc(CNc2ccnc(C(N)=S)c2)cc1. The van der Waals surface area contributed by atoms with Gasteiger partial charge in [0, 0.05) is 24.7 Å². The van der Waals surface area contributed by atoms with Gasteiger partial charge in [0.15, 0.2) is 9.84 Å². The average molecular weight is 321 g/mol. The molecule has 0 spiro atoms. The molecule has 0 saturated heterocycles. The molecule has 21 heavy (non-hydrogen) atoms. The molecule has 2 aromatic rings. The third kappa shape index (κ3) is 4.24. The summed E-state index contributed by atoms with van der Waals surface area (Å²) < 4.78 is 22.8. The number of rotatable bonds is 5. The third-order valence-electron chi connectivity index (χ3n) is 2.86. The van der Waals surface area contributed by atoms with Crippen molar-refractivity contribution in [3.63, 3.8) is 0 Å². The Bertz CT molecular complexity index is 756. The number of hydrogen-bond donors (Lipinski definition) is 2. The third-order valence-corrected chi connectivity index (χ3v) is 4.20. The van der Waals surface area contributed by atoms with E-state index in [0.717, 1.165) is 11.3 Å². The van der Waals surface area contributed by atoms with Gasteiger partial charge in [-0.05, 0) is 29.8 Å². The van der Waals surface area contributed by atoms with Gasteiger partial charge >= 0.3 is 0 Å². The quantitative estimate of drug-likeness (QED) is 0.816. The Morgan fingerprint density at radius 2 is 1.95 bits per heavy atom. The number of nitrogens with one attached hydrogen (secondary N) is 1. The second-order valence-electron chi connectivity index (χ2n) is 4.56. The van der Waals surface area contributed by atoms with Gasteiger partial charge in [0.2, 0.25) is 0 Å². The van der Waals surface area contributed by atoms with Crippen LogP contribution in [0.25, 0.3) is 0 Å². The number of aromatic nitrogens is 1. The summed E-state index contributed by atoms with van der Waals surface area (Å²) in [6.45, 7) is 0.560. The molecule has 3 N–H and O–H groups in total. The number of nitrogens with two attached hydrogens (primary N) is 1. The maximum Gasteiger partial charge on any atom is 0.175 e. The van der Waals surface area contributed by atoms with Crippen LogP contribution in [0.3, 0.4) is 0 Å². The van der Waals surface area contributed by atoms with E-state index in [1.165, 1.54) is 6.26 Å². The first-order chi connectivity index (χ1) is 9.86. The molecule has 110 valence electrons. The smallest absolute Gasteiger partial charge is 0.175 e. The lowest BCUT2D eigenvalue weighted by Crippen LogP contribution is -2.12. The van der Waals surface area contributed by atoms with Crippen molar-refractivity contribution >= 4 is 32.7 Å². The van der Waals surface area contributed by atoms with Gasteiger partial charge in [-0.1, -0.05) is 24.4 Å². The summed E-state index contributed by atoms with van der Waals surface area (Å²) in [6, 6.07) is 10.3. The van der Waals surface area contributed by atoms with E-state index >= 15 is 0 Å². The lowest BCUT2D eigenvalue weighted by Gasteiger charge is -2.08. The van der Waals surface area contributed by atoms with Crippen LogP contribution in [0.15, 0.2) is 47.5 Å². The number of pyridine rings is 1. The topological polar surface area (TPSA) is 85.1 Å². The van der Waals surface area contributed by atoms with E-state index in [1.54, 1.807) is 36.5 Å². The second kappa shape index (κ2) is 6.19. The van der Waals surface area contributed by atoms with Crippen molar-refractivity contribution in [1.82, 2.24) is 4.98 Å². The van der Waals surface area contributed by atoms with Gasteiger partial charge in [-0.15, -0.1) is 0 Å². The fourth-order valence-corrected chi connectivity index (χ4v) is 2.48. The van der Waals surface area contributed by atoms with E-state index in [9.17, 15) is 8.42 Å². The van der Waals surface area contributed by atoms with Gasteiger partial charge in [0.25, 0.3) is 0 Å². The summed E-state index contributed by atoms with van der Waals surface area (Å²) in [5.74, 6) is 0. The van der Waals surface area contributed by atoms with Crippen molar-refractivity contribution in [3.05, 3.63) is 53.9 Å². The lowest BCUT2D eigenvalue weighted by atomic mass is 10.2. The molecule has 5 nitrogen and oxygen atoms in total. The summed E-state index contributed by atoms with van der Waals surface area (Å²) in [5, 5.41) is 3.21. The van der Waals surface area contributed by atoms with E-state index in [-0.39, 0.29) is 4.99 Å². The van der Waals surface area contributed by atoms with Crippen LogP contribution in [0.5, 0.6) is 0 Å². The second-order valence-corrected chi connectivity index (χ2v) is 7.02. The standard InChI is InChI=1S/C14H15N3O2S2/c1-21(18,19)12-4-2-10(3-5-12)9-17-11-6-7-16-13(8-11)14(15)20/h2-8H,9H2,1H3,(H2,15,20)(H,16,17). The zero-order valence-corrected chi connectivity index (χ0v) is 13.0. The molecule has 0 saturated carbocycles. The number of hydrogen-bond acceptors (Lipinski definition) is 5. The highest BCUT2D eigenvalue weighted by molar-refractivity contribution is 7.90. The van der Waals surface area contributed by atoms with Crippen molar-refractivity contribution in [2.24, 2.45) is 5.73 Å². The maximum atomic E-state index is 11.4. The first-order valence-electron chi connectivity index (χ1n) is 6.15. The molecule has 0 fully saturated rings. The largest absolute Gasteiger partial charge is 0.388 e. The molecular formula is C14H15N3O2S2. The maximum absolute atomic E-state index is 11.4. The minimum absolute atomic E-state index is 0.246. The van der Waals surface area contributed by atoms with Crippen molar-refractivity contribution < 1.29 is 8.42 Å². The fourth-order valence-electron chi connectivity index (χ4n) is 1.73. The highest BCUT2D eigenvalue weighted by atomic mass is 32.2. The Labute approximate surface area is 129 Å². The van der Waals surface area contributed by atoms with E-state index in [4.69, 9.17) is 18.0 Å². The summed E-state index contributed by atoms with van der Waals surface area (Å²) >= 11 is 4.88. The first-order valence-corrected chi connectivity index (χ1v) is 8.45. The molecule has 0 aliphatic carbocycles. The van der Waals surface area contributed by atoms with E-state index in [1.807, 2.05) is 6.07 Å². The number of nitrogens with zero attached hydrogens (tertiary/aromatic N) is 1. The Hall–Kier alpha value is -1.99. The highest BCUT2D eigenvalue weighted by Crippen LogP contribution is 2.13. The van der Waals surface area contributed by atoms with E-state index < -0.39 is 9.84 Å².